The zero-order chi connectivity index (χ0) is 24.3. The summed E-state index contributed by atoms with van der Waals surface area (Å²) in [7, 11) is 0. The Kier molecular flexibility index (Phi) is 6.99. The SMILES string of the molecule is CCC1(c2ccccc2)NC(=O)N(NC(=O)CN2CCC(NC(=O)c3ccc(C)s3)CC2)C1=O. The van der Waals surface area contributed by atoms with Crippen LogP contribution >= 0.6 is 11.3 Å². The van der Waals surface area contributed by atoms with Crippen LogP contribution in [-0.4, -0.2) is 59.3 Å². The zero-order valence-electron chi connectivity index (χ0n) is 19.3. The maximum atomic E-state index is 13.1. The Labute approximate surface area is 202 Å². The highest BCUT2D eigenvalue weighted by Gasteiger charge is 2.52. The van der Waals surface area contributed by atoms with Gasteiger partial charge >= 0.3 is 6.03 Å². The van der Waals surface area contributed by atoms with Gasteiger partial charge in [-0.15, -0.1) is 11.3 Å². The van der Waals surface area contributed by atoms with Crippen molar-refractivity contribution >= 4 is 35.1 Å². The van der Waals surface area contributed by atoms with Crippen LogP contribution in [0.15, 0.2) is 42.5 Å². The summed E-state index contributed by atoms with van der Waals surface area (Å²) in [6.45, 7) is 5.11. The zero-order valence-corrected chi connectivity index (χ0v) is 20.1. The van der Waals surface area contributed by atoms with Crippen LogP contribution in [0, 0.1) is 6.92 Å². The number of aryl methyl sites for hydroxylation is 1. The maximum absolute atomic E-state index is 13.1. The Morgan fingerprint density at radius 2 is 1.82 bits per heavy atom. The summed E-state index contributed by atoms with van der Waals surface area (Å²) in [5.74, 6) is -0.990. The summed E-state index contributed by atoms with van der Waals surface area (Å²) in [4.78, 5) is 54.4. The van der Waals surface area contributed by atoms with Crippen molar-refractivity contribution in [1.29, 1.82) is 0 Å². The summed E-state index contributed by atoms with van der Waals surface area (Å²) in [6, 6.07) is 12.2. The van der Waals surface area contributed by atoms with E-state index >= 15 is 0 Å². The molecule has 10 heteroatoms. The van der Waals surface area contributed by atoms with Gasteiger partial charge in [-0.1, -0.05) is 37.3 Å². The molecule has 0 aliphatic carbocycles. The highest BCUT2D eigenvalue weighted by Crippen LogP contribution is 2.31. The fourth-order valence-corrected chi connectivity index (χ4v) is 5.22. The minimum atomic E-state index is -1.19. The molecule has 1 aromatic heterocycles. The van der Waals surface area contributed by atoms with Gasteiger partial charge in [0, 0.05) is 24.0 Å². The molecule has 0 spiro atoms. The summed E-state index contributed by atoms with van der Waals surface area (Å²) < 4.78 is 0. The number of amides is 5. The van der Waals surface area contributed by atoms with Crippen LogP contribution in [0.3, 0.4) is 0 Å². The van der Waals surface area contributed by atoms with Gasteiger partial charge in [-0.05, 0) is 43.9 Å². The van der Waals surface area contributed by atoms with Gasteiger partial charge in [-0.3, -0.25) is 24.7 Å². The molecule has 3 N–H and O–H groups in total. The van der Waals surface area contributed by atoms with Crippen LogP contribution in [0.1, 0.15) is 46.3 Å². The number of benzene rings is 1. The predicted octanol–water partition coefficient (Wildman–Crippen LogP) is 2.14. The molecule has 1 atom stereocenters. The maximum Gasteiger partial charge on any atom is 0.344 e. The third-order valence-corrected chi connectivity index (χ3v) is 7.38. The van der Waals surface area contributed by atoms with Crippen LogP contribution in [0.5, 0.6) is 0 Å². The molecule has 1 aromatic carbocycles. The topological polar surface area (TPSA) is 111 Å². The van der Waals surface area contributed by atoms with E-state index in [1.165, 1.54) is 11.3 Å². The molecule has 2 aliphatic rings. The van der Waals surface area contributed by atoms with E-state index in [-0.39, 0.29) is 18.5 Å². The molecule has 2 aliphatic heterocycles. The van der Waals surface area contributed by atoms with Crippen LogP contribution < -0.4 is 16.1 Å². The number of carbonyl (C=O) groups is 4. The van der Waals surface area contributed by atoms with Crippen molar-refractivity contribution < 1.29 is 19.2 Å². The lowest BCUT2D eigenvalue weighted by atomic mass is 9.87. The van der Waals surface area contributed by atoms with Crippen molar-refractivity contribution in [3.05, 3.63) is 57.8 Å². The third kappa shape index (κ3) is 4.83. The second-order valence-electron chi connectivity index (χ2n) is 8.66. The van der Waals surface area contributed by atoms with E-state index < -0.39 is 23.4 Å². The van der Waals surface area contributed by atoms with Gasteiger partial charge in [0.1, 0.15) is 5.54 Å². The lowest BCUT2D eigenvalue weighted by Gasteiger charge is -2.32. The molecule has 1 unspecified atom stereocenters. The molecule has 34 heavy (non-hydrogen) atoms. The number of thiophene rings is 1. The van der Waals surface area contributed by atoms with Gasteiger partial charge in [-0.25, -0.2) is 4.79 Å². The molecular weight excluding hydrogens is 454 g/mol. The van der Waals surface area contributed by atoms with Crippen molar-refractivity contribution in [2.45, 2.75) is 44.7 Å². The minimum absolute atomic E-state index is 0.0520. The molecule has 2 aromatic rings. The molecule has 4 rings (SSSR count). The van der Waals surface area contributed by atoms with Crippen molar-refractivity contribution in [2.24, 2.45) is 0 Å². The number of likely N-dealkylation sites (tertiary alicyclic amines) is 1. The van der Waals surface area contributed by atoms with Crippen molar-refractivity contribution in [3.8, 4) is 0 Å². The van der Waals surface area contributed by atoms with E-state index in [4.69, 9.17) is 0 Å². The van der Waals surface area contributed by atoms with E-state index in [0.717, 1.165) is 22.7 Å². The van der Waals surface area contributed by atoms with Crippen molar-refractivity contribution in [3.63, 3.8) is 0 Å². The Morgan fingerprint density at radius 1 is 1.12 bits per heavy atom. The summed E-state index contributed by atoms with van der Waals surface area (Å²) in [6.07, 6.45) is 1.80. The number of hydrazine groups is 1. The molecule has 9 nitrogen and oxygen atoms in total. The molecule has 0 bridgehead atoms. The summed E-state index contributed by atoms with van der Waals surface area (Å²) in [5.41, 5.74) is 1.96. The number of hydrogen-bond donors (Lipinski definition) is 3. The largest absolute Gasteiger partial charge is 0.349 e. The second-order valence-corrected chi connectivity index (χ2v) is 9.95. The first-order valence-corrected chi connectivity index (χ1v) is 12.3. The van der Waals surface area contributed by atoms with Crippen LogP contribution in [0.4, 0.5) is 4.79 Å². The van der Waals surface area contributed by atoms with Gasteiger partial charge < -0.3 is 10.6 Å². The summed E-state index contributed by atoms with van der Waals surface area (Å²) >= 11 is 1.47. The molecule has 180 valence electrons. The fourth-order valence-electron chi connectivity index (χ4n) is 4.45. The highest BCUT2D eigenvalue weighted by atomic mass is 32.1. The number of rotatable bonds is 7. The number of urea groups is 1. The van der Waals surface area contributed by atoms with E-state index in [9.17, 15) is 19.2 Å². The quantitative estimate of drug-likeness (QED) is 0.523. The highest BCUT2D eigenvalue weighted by molar-refractivity contribution is 7.13. The Bertz CT molecular complexity index is 1080. The molecule has 2 saturated heterocycles. The van der Waals surface area contributed by atoms with Crippen molar-refractivity contribution in [2.75, 3.05) is 19.6 Å². The Balaban J connectivity index is 1.28. The number of piperidine rings is 1. The monoisotopic (exact) mass is 483 g/mol. The third-order valence-electron chi connectivity index (χ3n) is 6.38. The molecule has 0 radical (unpaired) electrons. The van der Waals surface area contributed by atoms with E-state index in [0.29, 0.717) is 30.0 Å². The minimum Gasteiger partial charge on any atom is -0.349 e. The van der Waals surface area contributed by atoms with Crippen LogP contribution in [0.2, 0.25) is 0 Å². The lowest BCUT2D eigenvalue weighted by molar-refractivity contribution is -0.140. The standard InChI is InChI=1S/C24H29N5O4S/c1-3-24(17-7-5-4-6-8-17)22(32)29(23(33)26-24)27-20(30)15-28-13-11-18(12-14-28)25-21(31)19-10-9-16(2)34-19/h4-10,18H,3,11-15H2,1-2H3,(H,25,31)(H,26,33)(H,27,30). The van der Waals surface area contributed by atoms with E-state index in [2.05, 4.69) is 16.1 Å². The van der Waals surface area contributed by atoms with Gasteiger partial charge in [0.15, 0.2) is 0 Å². The smallest absolute Gasteiger partial charge is 0.344 e. The first kappa shape index (κ1) is 23.9. The van der Waals surface area contributed by atoms with Gasteiger partial charge in [0.2, 0.25) is 0 Å². The van der Waals surface area contributed by atoms with Crippen LogP contribution in [0.25, 0.3) is 0 Å². The second kappa shape index (κ2) is 9.94. The molecular formula is C24H29N5O4S. The summed E-state index contributed by atoms with van der Waals surface area (Å²) in [5, 5.41) is 6.60. The number of hydrogen-bond acceptors (Lipinski definition) is 6. The van der Waals surface area contributed by atoms with Gasteiger partial charge in [0.05, 0.1) is 11.4 Å². The predicted molar refractivity (Wildman–Crippen MR) is 128 cm³/mol. The van der Waals surface area contributed by atoms with E-state index in [1.807, 2.05) is 36.9 Å². The van der Waals surface area contributed by atoms with Crippen LogP contribution in [-0.2, 0) is 15.1 Å². The number of imide groups is 1. The molecule has 0 saturated carbocycles. The number of carbonyl (C=O) groups excluding carboxylic acids is 4. The molecule has 5 amide bonds. The van der Waals surface area contributed by atoms with E-state index in [1.54, 1.807) is 24.3 Å². The number of nitrogens with one attached hydrogen (secondary N) is 3. The number of nitrogens with zero attached hydrogens (tertiary/aromatic N) is 2. The first-order chi connectivity index (χ1) is 16.3. The molecule has 3 heterocycles. The average Bonchev–Trinajstić information content (AvgIpc) is 3.38. The van der Waals surface area contributed by atoms with Gasteiger partial charge in [-0.2, -0.15) is 5.01 Å². The fraction of sp³-hybridized carbons (Fsp3) is 0.417. The van der Waals surface area contributed by atoms with Gasteiger partial charge in [0.25, 0.3) is 17.7 Å². The lowest BCUT2D eigenvalue weighted by Crippen LogP contribution is -2.52. The molecule has 2 fully saturated rings. The normalized spacial score (nSPS) is 21.4. The first-order valence-electron chi connectivity index (χ1n) is 11.4. The Morgan fingerprint density at radius 3 is 2.44 bits per heavy atom. The Hall–Kier alpha value is -3.24. The van der Waals surface area contributed by atoms with Crippen molar-refractivity contribution in [1.82, 2.24) is 26.0 Å². The average molecular weight is 484 g/mol.